The molecule has 0 aliphatic rings. The number of imidazole rings is 1. The number of sulfonamides is 1. The maximum Gasteiger partial charge on any atom is 0.242 e. The number of aliphatic hydroxyl groups excluding tert-OH is 1. The van der Waals surface area contributed by atoms with E-state index in [2.05, 4.69) is 14.7 Å². The molecule has 3 N–H and O–H groups in total. The molecule has 0 unspecified atom stereocenters. The monoisotopic (exact) mass is 284 g/mol. The lowest BCUT2D eigenvalue weighted by Gasteiger charge is -2.02. The minimum atomic E-state index is -3.60. The Morgan fingerprint density at radius 2 is 2.32 bits per heavy atom. The lowest BCUT2D eigenvalue weighted by Crippen LogP contribution is -2.23. The zero-order chi connectivity index (χ0) is 13.9. The van der Waals surface area contributed by atoms with E-state index < -0.39 is 10.0 Å². The maximum atomic E-state index is 12.1. The van der Waals surface area contributed by atoms with Gasteiger partial charge in [-0.05, 0) is 13.0 Å². The summed E-state index contributed by atoms with van der Waals surface area (Å²) in [4.78, 5) is 6.90. The fourth-order valence-corrected chi connectivity index (χ4v) is 2.79. The SMILES string of the molecule is CCn1cc(S(=O)(=O)NCc2ncc[nH]2)cc1CO. The average molecular weight is 284 g/mol. The summed E-state index contributed by atoms with van der Waals surface area (Å²) >= 11 is 0. The van der Waals surface area contributed by atoms with Crippen LogP contribution in [-0.4, -0.2) is 28.1 Å². The molecule has 7 nitrogen and oxygen atoms in total. The Bertz CT molecular complexity index is 609. The number of aliphatic hydroxyl groups is 1. The van der Waals surface area contributed by atoms with Crippen molar-refractivity contribution >= 4 is 10.0 Å². The van der Waals surface area contributed by atoms with Gasteiger partial charge in [-0.1, -0.05) is 0 Å². The molecule has 0 fully saturated rings. The van der Waals surface area contributed by atoms with Crippen molar-refractivity contribution in [1.29, 1.82) is 0 Å². The van der Waals surface area contributed by atoms with Crippen LogP contribution in [0.15, 0.2) is 29.6 Å². The van der Waals surface area contributed by atoms with Crippen molar-refractivity contribution in [2.45, 2.75) is 31.5 Å². The number of aromatic nitrogens is 3. The summed E-state index contributed by atoms with van der Waals surface area (Å²) in [5.74, 6) is 0.542. The van der Waals surface area contributed by atoms with Crippen LogP contribution in [0.2, 0.25) is 0 Å². The minimum absolute atomic E-state index is 0.0983. The van der Waals surface area contributed by atoms with Crippen molar-refractivity contribution in [3.63, 3.8) is 0 Å². The summed E-state index contributed by atoms with van der Waals surface area (Å²) in [6, 6.07) is 1.47. The van der Waals surface area contributed by atoms with E-state index in [1.807, 2.05) is 6.92 Å². The third kappa shape index (κ3) is 3.03. The molecule has 0 bridgehead atoms. The molecule has 2 heterocycles. The van der Waals surface area contributed by atoms with Gasteiger partial charge < -0.3 is 14.7 Å². The van der Waals surface area contributed by atoms with Crippen molar-refractivity contribution in [2.75, 3.05) is 0 Å². The van der Waals surface area contributed by atoms with Crippen molar-refractivity contribution in [1.82, 2.24) is 19.3 Å². The normalized spacial score (nSPS) is 11.9. The first-order chi connectivity index (χ1) is 9.06. The Morgan fingerprint density at radius 1 is 1.53 bits per heavy atom. The maximum absolute atomic E-state index is 12.1. The van der Waals surface area contributed by atoms with Crippen LogP contribution < -0.4 is 4.72 Å². The van der Waals surface area contributed by atoms with Gasteiger partial charge in [0.05, 0.1) is 18.0 Å². The fraction of sp³-hybridized carbons (Fsp3) is 0.364. The zero-order valence-corrected chi connectivity index (χ0v) is 11.3. The van der Waals surface area contributed by atoms with Crippen LogP contribution >= 0.6 is 0 Å². The van der Waals surface area contributed by atoms with Crippen LogP contribution in [-0.2, 0) is 29.7 Å². The van der Waals surface area contributed by atoms with Crippen LogP contribution in [0.4, 0.5) is 0 Å². The van der Waals surface area contributed by atoms with Gasteiger partial charge >= 0.3 is 0 Å². The van der Waals surface area contributed by atoms with Gasteiger partial charge in [-0.15, -0.1) is 0 Å². The second kappa shape index (κ2) is 5.55. The van der Waals surface area contributed by atoms with Gasteiger partial charge in [0.15, 0.2) is 0 Å². The Hall–Kier alpha value is -1.64. The van der Waals surface area contributed by atoms with E-state index in [1.165, 1.54) is 12.3 Å². The summed E-state index contributed by atoms with van der Waals surface area (Å²) in [7, 11) is -3.60. The number of rotatable bonds is 6. The highest BCUT2D eigenvalue weighted by Crippen LogP contribution is 2.14. The molecule has 2 aromatic heterocycles. The standard InChI is InChI=1S/C11H16N4O3S/c1-2-15-7-10(5-9(15)8-16)19(17,18)14-6-11-12-3-4-13-11/h3-5,7,14,16H,2,6,8H2,1H3,(H,12,13). The molecule has 19 heavy (non-hydrogen) atoms. The van der Waals surface area contributed by atoms with Gasteiger partial charge in [0.1, 0.15) is 5.82 Å². The number of hydrogen-bond acceptors (Lipinski definition) is 4. The highest BCUT2D eigenvalue weighted by molar-refractivity contribution is 7.89. The summed E-state index contributed by atoms with van der Waals surface area (Å²) in [5.41, 5.74) is 0.570. The topological polar surface area (TPSA) is 100 Å². The minimum Gasteiger partial charge on any atom is -0.390 e. The second-order valence-electron chi connectivity index (χ2n) is 3.97. The van der Waals surface area contributed by atoms with Crippen LogP contribution in [0.3, 0.4) is 0 Å². The Labute approximate surface area is 111 Å². The molecule has 0 spiro atoms. The van der Waals surface area contributed by atoms with Gasteiger partial charge in [-0.2, -0.15) is 0 Å². The summed E-state index contributed by atoms with van der Waals surface area (Å²) in [6.45, 7) is 2.39. The molecule has 0 aliphatic heterocycles. The van der Waals surface area contributed by atoms with Crippen molar-refractivity contribution in [3.05, 3.63) is 36.2 Å². The fourth-order valence-electron chi connectivity index (χ4n) is 1.74. The molecule has 2 aromatic rings. The number of aromatic amines is 1. The highest BCUT2D eigenvalue weighted by atomic mass is 32.2. The first-order valence-corrected chi connectivity index (χ1v) is 7.33. The summed E-state index contributed by atoms with van der Waals surface area (Å²) < 4.78 is 28.3. The third-order valence-corrected chi connectivity index (χ3v) is 4.13. The molecule has 0 saturated heterocycles. The third-order valence-electron chi connectivity index (χ3n) is 2.76. The molecule has 0 saturated carbocycles. The van der Waals surface area contributed by atoms with Gasteiger partial charge in [0.25, 0.3) is 0 Å². The van der Waals surface area contributed by atoms with Gasteiger partial charge in [0.2, 0.25) is 10.0 Å². The first-order valence-electron chi connectivity index (χ1n) is 5.84. The molecule has 8 heteroatoms. The summed E-state index contributed by atoms with van der Waals surface area (Å²) in [5, 5.41) is 9.16. The number of aryl methyl sites for hydroxylation is 1. The van der Waals surface area contributed by atoms with E-state index in [0.717, 1.165) is 0 Å². The van der Waals surface area contributed by atoms with Gasteiger partial charge in [-0.3, -0.25) is 0 Å². The predicted molar refractivity (Wildman–Crippen MR) is 68.6 cm³/mol. The van der Waals surface area contributed by atoms with Crippen LogP contribution in [0, 0.1) is 0 Å². The molecule has 0 aromatic carbocycles. The van der Waals surface area contributed by atoms with Crippen molar-refractivity contribution in [2.24, 2.45) is 0 Å². The van der Waals surface area contributed by atoms with Crippen LogP contribution in [0.5, 0.6) is 0 Å². The highest BCUT2D eigenvalue weighted by Gasteiger charge is 2.17. The van der Waals surface area contributed by atoms with E-state index in [4.69, 9.17) is 5.11 Å². The van der Waals surface area contributed by atoms with E-state index in [0.29, 0.717) is 18.1 Å². The first kappa shape index (κ1) is 13.8. The second-order valence-corrected chi connectivity index (χ2v) is 5.74. The molecule has 104 valence electrons. The number of nitrogens with one attached hydrogen (secondary N) is 2. The number of hydrogen-bond donors (Lipinski definition) is 3. The largest absolute Gasteiger partial charge is 0.390 e. The molecule has 0 radical (unpaired) electrons. The van der Waals surface area contributed by atoms with Gasteiger partial charge in [-0.25, -0.2) is 18.1 Å². The molecular weight excluding hydrogens is 268 g/mol. The molecule has 0 atom stereocenters. The van der Waals surface area contributed by atoms with E-state index in [-0.39, 0.29) is 18.0 Å². The van der Waals surface area contributed by atoms with E-state index >= 15 is 0 Å². The van der Waals surface area contributed by atoms with E-state index in [1.54, 1.807) is 17.0 Å². The quantitative estimate of drug-likeness (QED) is 0.705. The lowest BCUT2D eigenvalue weighted by atomic mass is 10.4. The van der Waals surface area contributed by atoms with Gasteiger partial charge in [0, 0.05) is 30.8 Å². The average Bonchev–Trinajstić information content (AvgIpc) is 3.05. The van der Waals surface area contributed by atoms with Crippen molar-refractivity contribution in [3.8, 4) is 0 Å². The molecular formula is C11H16N4O3S. The zero-order valence-electron chi connectivity index (χ0n) is 10.5. The number of H-pyrrole nitrogens is 1. The van der Waals surface area contributed by atoms with Crippen LogP contribution in [0.1, 0.15) is 18.4 Å². The smallest absolute Gasteiger partial charge is 0.242 e. The van der Waals surface area contributed by atoms with Crippen molar-refractivity contribution < 1.29 is 13.5 Å². The Balaban J connectivity index is 2.17. The molecule has 0 aliphatic carbocycles. The van der Waals surface area contributed by atoms with E-state index in [9.17, 15) is 8.42 Å². The lowest BCUT2D eigenvalue weighted by molar-refractivity contribution is 0.271. The molecule has 0 amide bonds. The predicted octanol–water partition coefficient (Wildman–Crippen LogP) is 0.202. The Kier molecular flexibility index (Phi) is 4.03. The molecule has 2 rings (SSSR count). The van der Waals surface area contributed by atoms with Crippen LogP contribution in [0.25, 0.3) is 0 Å². The summed E-state index contributed by atoms with van der Waals surface area (Å²) in [6.07, 6.45) is 4.69. The number of nitrogens with zero attached hydrogens (tertiary/aromatic N) is 2. The Morgan fingerprint density at radius 3 is 2.84 bits per heavy atom.